The first kappa shape index (κ1) is 34.9. The monoisotopic (exact) mass is 621 g/mol. The number of anilines is 3. The van der Waals surface area contributed by atoms with Gasteiger partial charge in [0.2, 0.25) is 0 Å². The average molecular weight is 622 g/mol. The van der Waals surface area contributed by atoms with Crippen LogP contribution in [0, 0.1) is 0 Å². The summed E-state index contributed by atoms with van der Waals surface area (Å²) in [5, 5.41) is 13.6. The molecule has 1 atom stereocenters. The van der Waals surface area contributed by atoms with Gasteiger partial charge in [0.25, 0.3) is 5.91 Å². The lowest BCUT2D eigenvalue weighted by Gasteiger charge is -2.31. The summed E-state index contributed by atoms with van der Waals surface area (Å²) in [6, 6.07) is 6.69. The zero-order valence-corrected chi connectivity index (χ0v) is 25.3. The van der Waals surface area contributed by atoms with Crippen molar-refractivity contribution in [2.24, 2.45) is 0 Å². The van der Waals surface area contributed by atoms with E-state index in [4.69, 9.17) is 22.1 Å². The van der Waals surface area contributed by atoms with Crippen molar-refractivity contribution in [3.05, 3.63) is 40.4 Å². The fraction of sp³-hybridized carbons (Fsp3) is 0.517. The van der Waals surface area contributed by atoms with Gasteiger partial charge in [-0.05, 0) is 47.8 Å². The molecule has 2 amide bonds. The molecule has 0 saturated heterocycles. The smallest absolute Gasteiger partial charge is 0.463 e. The Kier molecular flexibility index (Phi) is 10.4. The van der Waals surface area contributed by atoms with Crippen molar-refractivity contribution >= 4 is 40.5 Å². The quantitative estimate of drug-likeness (QED) is 0.116. The third-order valence-corrected chi connectivity index (χ3v) is 7.92. The highest BCUT2D eigenvalue weighted by molar-refractivity contribution is 6.35. The molecular weight excluding hydrogens is 585 g/mol. The van der Waals surface area contributed by atoms with Crippen LogP contribution in [0.5, 0.6) is 11.5 Å². The van der Waals surface area contributed by atoms with E-state index in [1.54, 1.807) is 6.92 Å². The Labute approximate surface area is 246 Å². The van der Waals surface area contributed by atoms with Gasteiger partial charge in [-0.15, -0.1) is 0 Å². The molecule has 13 heteroatoms. The Morgan fingerprint density at radius 2 is 1.55 bits per heavy atom. The van der Waals surface area contributed by atoms with E-state index in [1.807, 2.05) is 19.1 Å². The number of carbonyl (C=O) groups is 2. The number of nitrogen functional groups attached to an aromatic ring is 1. The molecule has 0 bridgehead atoms. The summed E-state index contributed by atoms with van der Waals surface area (Å²) in [6.45, 7) is 14.2. The molecule has 42 heavy (non-hydrogen) atoms. The highest BCUT2D eigenvalue weighted by Crippen LogP contribution is 2.44. The second kappa shape index (κ2) is 12.5. The summed E-state index contributed by atoms with van der Waals surface area (Å²) in [5.41, 5.74) is 5.21. The van der Waals surface area contributed by atoms with Gasteiger partial charge >= 0.3 is 18.0 Å². The molecule has 0 spiro atoms. The topological polar surface area (TPSA) is 114 Å². The maximum atomic E-state index is 13.4. The van der Waals surface area contributed by atoms with Crippen LogP contribution in [-0.2, 0) is 20.4 Å². The van der Waals surface area contributed by atoms with Crippen molar-refractivity contribution in [2.45, 2.75) is 96.8 Å². The van der Waals surface area contributed by atoms with Crippen molar-refractivity contribution in [3.8, 4) is 11.5 Å². The van der Waals surface area contributed by atoms with Crippen molar-refractivity contribution in [2.75, 3.05) is 16.4 Å². The van der Waals surface area contributed by atoms with E-state index in [0.717, 1.165) is 30.0 Å². The average Bonchev–Trinajstić information content (AvgIpc) is 2.91. The van der Waals surface area contributed by atoms with Crippen LogP contribution in [0.3, 0.4) is 0 Å². The molecule has 1 unspecified atom stereocenters. The van der Waals surface area contributed by atoms with Crippen LogP contribution in [0.4, 0.5) is 39.0 Å². The first-order valence-corrected chi connectivity index (χ1v) is 13.7. The second-order valence-corrected chi connectivity index (χ2v) is 11.7. The van der Waals surface area contributed by atoms with Crippen LogP contribution in [0.25, 0.3) is 0 Å². The standard InChI is InChI=1S/C29H37ClF5N3O4/c1-8-19(42-20-12-11-15(26(4,5)9-2)13-16(20)27(6,7)10-3)24(40)37-18-14-17(30)22(21(36)23(18)39)38-25(41)28(31,32)29(33,34)35/h11-14,19,39H,8-10,36H2,1-7H3,(H,37,40)(H,38,41). The van der Waals surface area contributed by atoms with Gasteiger partial charge in [-0.2, -0.15) is 22.0 Å². The van der Waals surface area contributed by atoms with E-state index in [1.165, 1.54) is 5.32 Å². The Bertz CT molecular complexity index is 1330. The predicted octanol–water partition coefficient (Wildman–Crippen LogP) is 7.94. The Hall–Kier alpha value is -3.28. The fourth-order valence-electron chi connectivity index (χ4n) is 3.87. The normalized spacial score (nSPS) is 13.5. The number of benzene rings is 2. The van der Waals surface area contributed by atoms with Crippen LogP contribution in [0.15, 0.2) is 24.3 Å². The van der Waals surface area contributed by atoms with Gasteiger partial charge in [-0.1, -0.05) is 72.2 Å². The molecule has 0 aliphatic heterocycles. The molecule has 0 aliphatic carbocycles. The minimum atomic E-state index is -6.18. The highest BCUT2D eigenvalue weighted by Gasteiger charge is 2.63. The number of hydrogen-bond donors (Lipinski definition) is 4. The number of ether oxygens (including phenoxy) is 1. The van der Waals surface area contributed by atoms with Gasteiger partial charge in [-0.3, -0.25) is 9.59 Å². The van der Waals surface area contributed by atoms with Crippen molar-refractivity contribution in [1.29, 1.82) is 0 Å². The van der Waals surface area contributed by atoms with Crippen LogP contribution >= 0.6 is 11.6 Å². The molecule has 0 aromatic heterocycles. The molecule has 2 aromatic rings. The molecule has 2 rings (SSSR count). The van der Waals surface area contributed by atoms with Gasteiger partial charge in [0.15, 0.2) is 11.9 Å². The number of phenolic OH excluding ortho intramolecular Hbond substituents is 1. The van der Waals surface area contributed by atoms with E-state index in [-0.39, 0.29) is 22.9 Å². The van der Waals surface area contributed by atoms with Gasteiger partial charge in [0.05, 0.1) is 16.4 Å². The van der Waals surface area contributed by atoms with Gasteiger partial charge in [0.1, 0.15) is 11.4 Å². The summed E-state index contributed by atoms with van der Waals surface area (Å²) >= 11 is 5.98. The van der Waals surface area contributed by atoms with Crippen LogP contribution < -0.4 is 21.1 Å². The molecule has 0 aliphatic rings. The largest absolute Gasteiger partial charge is 0.504 e. The summed E-state index contributed by atoms with van der Waals surface area (Å²) in [6.07, 6.45) is -5.36. The molecule has 0 saturated carbocycles. The highest BCUT2D eigenvalue weighted by atomic mass is 35.5. The first-order valence-electron chi connectivity index (χ1n) is 13.3. The number of aromatic hydroxyl groups is 1. The zero-order chi connectivity index (χ0) is 32.4. The van der Waals surface area contributed by atoms with E-state index < -0.39 is 52.2 Å². The number of amides is 2. The van der Waals surface area contributed by atoms with Crippen LogP contribution in [0.1, 0.15) is 78.9 Å². The number of nitrogens with two attached hydrogens (primary N) is 1. The minimum absolute atomic E-state index is 0.0936. The Balaban J connectivity index is 2.39. The number of alkyl halides is 5. The molecular formula is C29H37ClF5N3O4. The molecule has 234 valence electrons. The summed E-state index contributed by atoms with van der Waals surface area (Å²) < 4.78 is 70.6. The predicted molar refractivity (Wildman–Crippen MR) is 154 cm³/mol. The van der Waals surface area contributed by atoms with Crippen molar-refractivity contribution in [1.82, 2.24) is 0 Å². The van der Waals surface area contributed by atoms with Crippen LogP contribution in [-0.4, -0.2) is 35.1 Å². The number of carbonyl (C=O) groups excluding carboxylic acids is 2. The zero-order valence-electron chi connectivity index (χ0n) is 24.5. The minimum Gasteiger partial charge on any atom is -0.504 e. The lowest BCUT2D eigenvalue weighted by atomic mass is 9.76. The third kappa shape index (κ3) is 7.19. The van der Waals surface area contributed by atoms with Gasteiger partial charge in [-0.25, -0.2) is 0 Å². The number of halogens is 6. The molecule has 5 N–H and O–H groups in total. The molecule has 0 fully saturated rings. The molecule has 0 radical (unpaired) electrons. The first-order chi connectivity index (χ1) is 19.1. The van der Waals surface area contributed by atoms with E-state index >= 15 is 0 Å². The molecule has 0 heterocycles. The van der Waals surface area contributed by atoms with E-state index in [9.17, 15) is 36.6 Å². The lowest BCUT2D eigenvalue weighted by Crippen LogP contribution is -2.47. The van der Waals surface area contributed by atoms with Crippen LogP contribution in [0.2, 0.25) is 5.02 Å². The number of nitrogens with one attached hydrogen (secondary N) is 2. The molecule has 2 aromatic carbocycles. The number of hydrogen-bond acceptors (Lipinski definition) is 5. The van der Waals surface area contributed by atoms with Gasteiger partial charge in [0, 0.05) is 5.56 Å². The number of phenols is 1. The maximum absolute atomic E-state index is 13.4. The number of rotatable bonds is 11. The second-order valence-electron chi connectivity index (χ2n) is 11.3. The van der Waals surface area contributed by atoms with Crippen molar-refractivity contribution in [3.63, 3.8) is 0 Å². The fourth-order valence-corrected chi connectivity index (χ4v) is 4.13. The summed E-state index contributed by atoms with van der Waals surface area (Å²) in [7, 11) is 0. The molecule has 7 nitrogen and oxygen atoms in total. The van der Waals surface area contributed by atoms with E-state index in [0.29, 0.717) is 5.75 Å². The maximum Gasteiger partial charge on any atom is 0.463 e. The summed E-state index contributed by atoms with van der Waals surface area (Å²) in [4.78, 5) is 24.8. The van der Waals surface area contributed by atoms with Crippen molar-refractivity contribution < 1.29 is 41.4 Å². The SMILES string of the molecule is CCC(Oc1ccc(C(C)(C)CC)cc1C(C)(C)CC)C(=O)Nc1cc(Cl)c(NC(=O)C(F)(F)C(F)(F)F)c(N)c1O. The third-order valence-electron chi connectivity index (χ3n) is 7.62. The lowest BCUT2D eigenvalue weighted by molar-refractivity contribution is -0.267. The summed E-state index contributed by atoms with van der Waals surface area (Å²) in [5.74, 6) is -9.65. The Morgan fingerprint density at radius 3 is 2.05 bits per heavy atom. The van der Waals surface area contributed by atoms with E-state index in [2.05, 4.69) is 46.0 Å². The Morgan fingerprint density at radius 1 is 0.976 bits per heavy atom. The van der Waals surface area contributed by atoms with Gasteiger partial charge < -0.3 is 26.2 Å².